The Morgan fingerprint density at radius 2 is 1.63 bits per heavy atom. The minimum absolute atomic E-state index is 0.125. The molecule has 2 aliphatic rings. The summed E-state index contributed by atoms with van der Waals surface area (Å²) in [6.45, 7) is 7.04. The molecule has 1 aliphatic carbocycles. The molecule has 2 N–H and O–H groups in total. The van der Waals surface area contributed by atoms with Crippen LogP contribution in [0.2, 0.25) is 0 Å². The van der Waals surface area contributed by atoms with Gasteiger partial charge in [-0.25, -0.2) is 8.78 Å². The number of fused-ring (bicyclic) bond motifs is 3. The number of halogens is 2. The second-order valence-electron chi connectivity index (χ2n) is 11.8. The Kier molecular flexibility index (Phi) is 8.64. The molecule has 0 fully saturated rings. The van der Waals surface area contributed by atoms with E-state index in [4.69, 9.17) is 15.2 Å². The topological polar surface area (TPSA) is 117 Å². The molecule has 0 saturated heterocycles. The second kappa shape index (κ2) is 12.2. The van der Waals surface area contributed by atoms with Crippen LogP contribution in [0.4, 0.5) is 8.78 Å². The monoisotopic (exact) mass is 594 g/mol. The highest BCUT2D eigenvalue weighted by molar-refractivity contribution is 5.96. The van der Waals surface area contributed by atoms with E-state index in [0.717, 1.165) is 6.20 Å². The number of carbonyl (C=O) groups excluding carboxylic acids is 2. The molecule has 3 aromatic rings. The van der Waals surface area contributed by atoms with E-state index in [1.54, 1.807) is 17.0 Å². The fourth-order valence-corrected chi connectivity index (χ4v) is 6.18. The van der Waals surface area contributed by atoms with Crippen molar-refractivity contribution in [2.24, 2.45) is 11.7 Å². The molecule has 228 valence electrons. The number of carbonyl (C=O) groups is 2. The van der Waals surface area contributed by atoms with Crippen LogP contribution in [-0.4, -0.2) is 52.0 Å². The molecule has 0 unspecified atom stereocenters. The minimum atomic E-state index is -0.866. The van der Waals surface area contributed by atoms with Gasteiger partial charge in [0.2, 0.25) is 18.0 Å². The lowest BCUT2D eigenvalue weighted by Gasteiger charge is -2.41. The van der Waals surface area contributed by atoms with Gasteiger partial charge >= 0.3 is 5.97 Å². The Balaban J connectivity index is 1.62. The molecule has 2 atom stereocenters. The summed E-state index contributed by atoms with van der Waals surface area (Å²) in [5.41, 5.74) is 7.37. The Bertz CT molecular complexity index is 1550. The molecule has 0 spiro atoms. The number of benzene rings is 2. The maximum absolute atomic E-state index is 15.2. The van der Waals surface area contributed by atoms with Crippen LogP contribution in [-0.2, 0) is 22.4 Å². The van der Waals surface area contributed by atoms with Gasteiger partial charge in [0.25, 0.3) is 5.91 Å². The lowest BCUT2D eigenvalue weighted by atomic mass is 9.81. The van der Waals surface area contributed by atoms with E-state index >= 15 is 8.78 Å². The lowest BCUT2D eigenvalue weighted by molar-refractivity contribution is -0.152. The van der Waals surface area contributed by atoms with Gasteiger partial charge in [-0.2, -0.15) is 5.10 Å². The van der Waals surface area contributed by atoms with Crippen LogP contribution >= 0.6 is 0 Å². The summed E-state index contributed by atoms with van der Waals surface area (Å²) < 4.78 is 42.7. The maximum atomic E-state index is 15.2. The molecule has 43 heavy (non-hydrogen) atoms. The first-order valence-electron chi connectivity index (χ1n) is 14.5. The highest BCUT2D eigenvalue weighted by Gasteiger charge is 2.43. The van der Waals surface area contributed by atoms with Gasteiger partial charge in [0, 0.05) is 18.5 Å². The van der Waals surface area contributed by atoms with Gasteiger partial charge in [0.15, 0.2) is 5.69 Å². The van der Waals surface area contributed by atoms with E-state index in [9.17, 15) is 14.4 Å². The number of rotatable bonds is 8. The molecule has 0 saturated carbocycles. The minimum Gasteiger partial charge on any atom is -0.451 e. The highest BCUT2D eigenvalue weighted by atomic mass is 19.1. The summed E-state index contributed by atoms with van der Waals surface area (Å²) in [6.07, 6.45) is 2.04. The van der Waals surface area contributed by atoms with Crippen molar-refractivity contribution in [3.63, 3.8) is 0 Å². The van der Waals surface area contributed by atoms with Crippen molar-refractivity contribution in [3.8, 4) is 5.75 Å². The van der Waals surface area contributed by atoms with Crippen LogP contribution in [0.15, 0.2) is 47.4 Å². The molecule has 5 rings (SSSR count). The summed E-state index contributed by atoms with van der Waals surface area (Å²) >= 11 is 0. The summed E-state index contributed by atoms with van der Waals surface area (Å²) in [6, 6.07) is 7.83. The molecule has 1 aromatic heterocycles. The maximum Gasteiger partial charge on any atom is 0.325 e. The van der Waals surface area contributed by atoms with E-state index in [0.29, 0.717) is 41.5 Å². The van der Waals surface area contributed by atoms with E-state index in [1.807, 2.05) is 39.8 Å². The van der Waals surface area contributed by atoms with Gasteiger partial charge in [0.1, 0.15) is 17.7 Å². The van der Waals surface area contributed by atoms with E-state index < -0.39 is 53.7 Å². The van der Waals surface area contributed by atoms with Crippen LogP contribution in [0, 0.1) is 17.6 Å². The SMILES string of the molecule is CC(C)C[C@@H](N)C(=O)OCOc1c2n(ncc1=O)[C@@H](C1c3cccc(F)c3CCc3c(F)cccc31)CN(C(C)C)C2=O. The summed E-state index contributed by atoms with van der Waals surface area (Å²) in [7, 11) is 0. The third kappa shape index (κ3) is 5.78. The van der Waals surface area contributed by atoms with Gasteiger partial charge in [-0.1, -0.05) is 38.1 Å². The van der Waals surface area contributed by atoms with Crippen molar-refractivity contribution >= 4 is 11.9 Å². The van der Waals surface area contributed by atoms with Gasteiger partial charge < -0.3 is 20.1 Å². The third-order valence-corrected chi connectivity index (χ3v) is 8.17. The molecule has 9 nitrogen and oxygen atoms in total. The molecular weight excluding hydrogens is 558 g/mol. The number of nitrogens with zero attached hydrogens (tertiary/aromatic N) is 3. The molecule has 2 aromatic carbocycles. The van der Waals surface area contributed by atoms with Crippen LogP contribution in [0.1, 0.15) is 78.8 Å². The van der Waals surface area contributed by atoms with Crippen molar-refractivity contribution in [2.45, 2.75) is 71.0 Å². The van der Waals surface area contributed by atoms with Crippen molar-refractivity contribution in [2.75, 3.05) is 13.3 Å². The number of aromatic nitrogens is 2. The Labute approximate surface area is 248 Å². The quantitative estimate of drug-likeness (QED) is 0.308. The normalized spacial score (nSPS) is 17.3. The number of nitrogens with two attached hydrogens (primary N) is 1. The van der Waals surface area contributed by atoms with Gasteiger partial charge in [-0.05, 0) is 73.4 Å². The number of amides is 1. The first-order valence-corrected chi connectivity index (χ1v) is 14.5. The van der Waals surface area contributed by atoms with Gasteiger partial charge in [-0.15, -0.1) is 0 Å². The zero-order valence-corrected chi connectivity index (χ0v) is 24.7. The molecule has 11 heteroatoms. The van der Waals surface area contributed by atoms with E-state index in [-0.39, 0.29) is 29.9 Å². The first kappa shape index (κ1) is 30.3. The van der Waals surface area contributed by atoms with Gasteiger partial charge in [0.05, 0.1) is 12.2 Å². The zero-order valence-electron chi connectivity index (χ0n) is 24.7. The second-order valence-corrected chi connectivity index (χ2v) is 11.8. The molecule has 1 aliphatic heterocycles. The highest BCUT2D eigenvalue weighted by Crippen LogP contribution is 2.45. The average Bonchev–Trinajstić information content (AvgIpc) is 3.12. The Morgan fingerprint density at radius 3 is 2.19 bits per heavy atom. The van der Waals surface area contributed by atoms with E-state index in [1.165, 1.54) is 16.8 Å². The molecule has 1 amide bonds. The largest absolute Gasteiger partial charge is 0.451 e. The number of hydrogen-bond donors (Lipinski definition) is 1. The van der Waals surface area contributed by atoms with Crippen LogP contribution < -0.4 is 15.9 Å². The standard InChI is InChI=1S/C32H36F2N4O5/c1-17(2)13-25(35)32(41)43-16-42-30-27(39)14-36-38-26(15-37(18(3)4)31(40)29(30)38)28-21-7-5-9-23(33)19(21)11-12-20-22(28)8-6-10-24(20)34/h5-10,14,17-18,25-26,28H,11-13,15-16,35H2,1-4H3/t25-,26-/m1/s1. The molecular formula is C32H36F2N4O5. The summed E-state index contributed by atoms with van der Waals surface area (Å²) in [4.78, 5) is 40.9. The number of esters is 1. The van der Waals surface area contributed by atoms with E-state index in [2.05, 4.69) is 5.10 Å². The average molecular weight is 595 g/mol. The summed E-state index contributed by atoms with van der Waals surface area (Å²) in [5, 5.41) is 4.37. The first-order chi connectivity index (χ1) is 20.5. The fraction of sp³-hybridized carbons (Fsp3) is 0.438. The molecule has 2 heterocycles. The van der Waals surface area contributed by atoms with Crippen LogP contribution in [0.3, 0.4) is 0 Å². The predicted octanol–water partition coefficient (Wildman–Crippen LogP) is 4.11. The zero-order chi connectivity index (χ0) is 31.0. The van der Waals surface area contributed by atoms with Crippen molar-refractivity contribution in [1.29, 1.82) is 0 Å². The van der Waals surface area contributed by atoms with Crippen molar-refractivity contribution in [1.82, 2.24) is 14.7 Å². The van der Waals surface area contributed by atoms with Crippen molar-refractivity contribution < 1.29 is 27.8 Å². The molecule has 0 radical (unpaired) electrons. The van der Waals surface area contributed by atoms with Crippen LogP contribution in [0.25, 0.3) is 0 Å². The predicted molar refractivity (Wildman–Crippen MR) is 155 cm³/mol. The smallest absolute Gasteiger partial charge is 0.325 e. The van der Waals surface area contributed by atoms with Crippen molar-refractivity contribution in [3.05, 3.63) is 92.4 Å². The lowest BCUT2D eigenvalue weighted by Crippen LogP contribution is -2.50. The number of hydrogen-bond acceptors (Lipinski definition) is 7. The van der Waals surface area contributed by atoms with Gasteiger partial charge in [-0.3, -0.25) is 19.1 Å². The Morgan fingerprint density at radius 1 is 1.02 bits per heavy atom. The fourth-order valence-electron chi connectivity index (χ4n) is 6.18. The third-order valence-electron chi connectivity index (χ3n) is 8.17. The number of ether oxygens (including phenoxy) is 2. The van der Waals surface area contributed by atoms with Crippen LogP contribution in [0.5, 0.6) is 5.75 Å². The molecule has 0 bridgehead atoms. The summed E-state index contributed by atoms with van der Waals surface area (Å²) in [5.74, 6) is -2.74. The Hall–Kier alpha value is -4.12.